The second-order valence-corrected chi connectivity index (χ2v) is 4.41. The van der Waals surface area contributed by atoms with E-state index in [4.69, 9.17) is 0 Å². The summed E-state index contributed by atoms with van der Waals surface area (Å²) in [6.07, 6.45) is -1.39. The van der Waals surface area contributed by atoms with E-state index in [1.165, 1.54) is 24.5 Å². The van der Waals surface area contributed by atoms with E-state index in [-0.39, 0.29) is 11.3 Å². The van der Waals surface area contributed by atoms with Gasteiger partial charge in [-0.05, 0) is 34.1 Å². The topological polar surface area (TPSA) is 34.9 Å². The maximum atomic E-state index is 12.9. The SMILES string of the molecule is O=Cc1ccc(-n2cc(Br)cn2)c(C(F)(F)F)c1. The average Bonchev–Trinajstić information content (AvgIpc) is 2.74. The van der Waals surface area contributed by atoms with E-state index >= 15 is 0 Å². The summed E-state index contributed by atoms with van der Waals surface area (Å²) in [5, 5.41) is 3.80. The number of aldehydes is 1. The van der Waals surface area contributed by atoms with Gasteiger partial charge in [-0.3, -0.25) is 4.79 Å². The van der Waals surface area contributed by atoms with Crippen LogP contribution in [0.15, 0.2) is 35.1 Å². The number of rotatable bonds is 2. The molecule has 0 radical (unpaired) electrons. The van der Waals surface area contributed by atoms with Crippen LogP contribution in [-0.2, 0) is 6.18 Å². The molecule has 1 heterocycles. The molecule has 0 amide bonds. The summed E-state index contributed by atoms with van der Waals surface area (Å²) in [7, 11) is 0. The first-order chi connectivity index (χ1) is 8.41. The molecular formula is C11H6BrF3N2O. The molecule has 2 rings (SSSR count). The zero-order valence-electron chi connectivity index (χ0n) is 8.78. The maximum absolute atomic E-state index is 12.9. The smallest absolute Gasteiger partial charge is 0.298 e. The quantitative estimate of drug-likeness (QED) is 0.795. The molecule has 0 saturated heterocycles. The van der Waals surface area contributed by atoms with Gasteiger partial charge in [-0.15, -0.1) is 0 Å². The van der Waals surface area contributed by atoms with Crippen molar-refractivity contribution in [2.24, 2.45) is 0 Å². The number of carbonyl (C=O) groups is 1. The highest BCUT2D eigenvalue weighted by Gasteiger charge is 2.34. The van der Waals surface area contributed by atoms with Gasteiger partial charge in [0.05, 0.1) is 21.9 Å². The molecule has 0 N–H and O–H groups in total. The Morgan fingerprint density at radius 2 is 2.06 bits per heavy atom. The van der Waals surface area contributed by atoms with Crippen LogP contribution in [0, 0.1) is 0 Å². The van der Waals surface area contributed by atoms with Crippen molar-refractivity contribution < 1.29 is 18.0 Å². The molecule has 0 fully saturated rings. The number of hydrogen-bond acceptors (Lipinski definition) is 2. The molecule has 18 heavy (non-hydrogen) atoms. The monoisotopic (exact) mass is 318 g/mol. The molecule has 0 atom stereocenters. The first-order valence-electron chi connectivity index (χ1n) is 4.79. The van der Waals surface area contributed by atoms with Crippen LogP contribution in [0.3, 0.4) is 0 Å². The standard InChI is InChI=1S/C11H6BrF3N2O/c12-8-4-16-17(5-8)10-2-1-7(6-18)3-9(10)11(13,14)15/h1-6H. The molecule has 2 aromatic rings. The summed E-state index contributed by atoms with van der Waals surface area (Å²) in [6.45, 7) is 0. The van der Waals surface area contributed by atoms with E-state index in [9.17, 15) is 18.0 Å². The summed E-state index contributed by atoms with van der Waals surface area (Å²) in [5.74, 6) is 0. The summed E-state index contributed by atoms with van der Waals surface area (Å²) in [6, 6.07) is 3.33. The van der Waals surface area contributed by atoms with Crippen molar-refractivity contribution in [3.63, 3.8) is 0 Å². The van der Waals surface area contributed by atoms with Gasteiger partial charge in [0.2, 0.25) is 0 Å². The van der Waals surface area contributed by atoms with E-state index in [0.29, 0.717) is 10.8 Å². The Morgan fingerprint density at radius 3 is 2.56 bits per heavy atom. The Balaban J connectivity index is 2.63. The highest BCUT2D eigenvalue weighted by molar-refractivity contribution is 9.10. The predicted molar refractivity (Wildman–Crippen MR) is 61.7 cm³/mol. The molecule has 0 bridgehead atoms. The first kappa shape index (κ1) is 12.8. The summed E-state index contributed by atoms with van der Waals surface area (Å²) in [5.41, 5.74) is -1.06. The van der Waals surface area contributed by atoms with Crippen LogP contribution in [0.2, 0.25) is 0 Å². The lowest BCUT2D eigenvalue weighted by Gasteiger charge is -2.13. The molecule has 0 unspecified atom stereocenters. The van der Waals surface area contributed by atoms with Crippen molar-refractivity contribution in [1.82, 2.24) is 9.78 Å². The number of halogens is 4. The molecular weight excluding hydrogens is 313 g/mol. The number of nitrogens with zero attached hydrogens (tertiary/aromatic N) is 2. The van der Waals surface area contributed by atoms with Crippen molar-refractivity contribution in [2.75, 3.05) is 0 Å². The maximum Gasteiger partial charge on any atom is 0.418 e. The third-order valence-corrected chi connectivity index (χ3v) is 2.67. The zero-order valence-corrected chi connectivity index (χ0v) is 10.4. The zero-order chi connectivity index (χ0) is 13.3. The molecule has 0 aliphatic carbocycles. The lowest BCUT2D eigenvalue weighted by molar-refractivity contribution is -0.137. The average molecular weight is 319 g/mol. The Morgan fingerprint density at radius 1 is 1.33 bits per heavy atom. The Labute approximate surface area is 108 Å². The molecule has 7 heteroatoms. The predicted octanol–water partition coefficient (Wildman–Crippen LogP) is 3.47. The van der Waals surface area contributed by atoms with Crippen LogP contribution in [0.5, 0.6) is 0 Å². The second-order valence-electron chi connectivity index (χ2n) is 3.50. The highest BCUT2D eigenvalue weighted by Crippen LogP contribution is 2.34. The molecule has 0 spiro atoms. The Hall–Kier alpha value is -1.63. The van der Waals surface area contributed by atoms with Gasteiger partial charge < -0.3 is 0 Å². The van der Waals surface area contributed by atoms with Gasteiger partial charge in [0, 0.05) is 11.8 Å². The lowest BCUT2D eigenvalue weighted by atomic mass is 10.1. The van der Waals surface area contributed by atoms with E-state index in [1.54, 1.807) is 0 Å². The summed E-state index contributed by atoms with van der Waals surface area (Å²) in [4.78, 5) is 10.5. The van der Waals surface area contributed by atoms with E-state index in [1.807, 2.05) is 0 Å². The number of alkyl halides is 3. The van der Waals surface area contributed by atoms with Gasteiger partial charge in [0.25, 0.3) is 0 Å². The fourth-order valence-corrected chi connectivity index (χ4v) is 1.77. The minimum absolute atomic E-state index is 0.0303. The van der Waals surface area contributed by atoms with Crippen LogP contribution >= 0.6 is 15.9 Å². The van der Waals surface area contributed by atoms with Crippen LogP contribution in [0.25, 0.3) is 5.69 Å². The fraction of sp³-hybridized carbons (Fsp3) is 0.0909. The van der Waals surface area contributed by atoms with Crippen molar-refractivity contribution in [2.45, 2.75) is 6.18 Å². The van der Waals surface area contributed by atoms with Crippen molar-refractivity contribution in [3.8, 4) is 5.69 Å². The minimum atomic E-state index is -4.55. The first-order valence-corrected chi connectivity index (χ1v) is 5.58. The van der Waals surface area contributed by atoms with Crippen LogP contribution in [0.1, 0.15) is 15.9 Å². The van der Waals surface area contributed by atoms with Crippen LogP contribution < -0.4 is 0 Å². The molecule has 3 nitrogen and oxygen atoms in total. The van der Waals surface area contributed by atoms with Crippen molar-refractivity contribution in [1.29, 1.82) is 0 Å². The number of benzene rings is 1. The third kappa shape index (κ3) is 2.45. The van der Waals surface area contributed by atoms with Crippen LogP contribution in [-0.4, -0.2) is 16.1 Å². The second kappa shape index (κ2) is 4.56. The number of aromatic nitrogens is 2. The van der Waals surface area contributed by atoms with E-state index in [2.05, 4.69) is 21.0 Å². The van der Waals surface area contributed by atoms with Gasteiger partial charge in [0.1, 0.15) is 6.29 Å². The minimum Gasteiger partial charge on any atom is -0.298 e. The van der Waals surface area contributed by atoms with Gasteiger partial charge >= 0.3 is 6.18 Å². The van der Waals surface area contributed by atoms with Gasteiger partial charge in [-0.25, -0.2) is 4.68 Å². The van der Waals surface area contributed by atoms with Gasteiger partial charge in [0.15, 0.2) is 0 Å². The fourth-order valence-electron chi connectivity index (χ4n) is 1.49. The molecule has 0 aliphatic rings. The molecule has 0 aliphatic heterocycles. The van der Waals surface area contributed by atoms with Crippen molar-refractivity contribution in [3.05, 3.63) is 46.2 Å². The molecule has 1 aromatic carbocycles. The molecule has 0 saturated carbocycles. The third-order valence-electron chi connectivity index (χ3n) is 2.26. The van der Waals surface area contributed by atoms with Gasteiger partial charge in [-0.1, -0.05) is 0 Å². The van der Waals surface area contributed by atoms with Gasteiger partial charge in [-0.2, -0.15) is 18.3 Å². The van der Waals surface area contributed by atoms with Crippen molar-refractivity contribution >= 4 is 22.2 Å². The van der Waals surface area contributed by atoms with E-state index < -0.39 is 11.7 Å². The largest absolute Gasteiger partial charge is 0.418 e. The highest BCUT2D eigenvalue weighted by atomic mass is 79.9. The molecule has 1 aromatic heterocycles. The van der Waals surface area contributed by atoms with E-state index in [0.717, 1.165) is 10.7 Å². The number of hydrogen-bond donors (Lipinski definition) is 0. The summed E-state index contributed by atoms with van der Waals surface area (Å²) < 4.78 is 40.3. The normalized spacial score (nSPS) is 11.6. The lowest BCUT2D eigenvalue weighted by Crippen LogP contribution is -2.11. The summed E-state index contributed by atoms with van der Waals surface area (Å²) >= 11 is 3.11. The Bertz CT molecular complexity index is 592. The number of carbonyl (C=O) groups excluding carboxylic acids is 1. The van der Waals surface area contributed by atoms with Crippen LogP contribution in [0.4, 0.5) is 13.2 Å². The molecule has 94 valence electrons. The Kier molecular flexibility index (Phi) is 3.25.